The highest BCUT2D eigenvalue weighted by Crippen LogP contribution is 2.44. The van der Waals surface area contributed by atoms with E-state index >= 15 is 0 Å². The van der Waals surface area contributed by atoms with Crippen molar-refractivity contribution >= 4 is 44.8 Å². The van der Waals surface area contributed by atoms with Crippen molar-refractivity contribution < 1.29 is 21.6 Å². The smallest absolute Gasteiger partial charge is 0.239 e. The number of sulfonamides is 1. The van der Waals surface area contributed by atoms with E-state index in [9.17, 15) is 21.6 Å². The van der Waals surface area contributed by atoms with Crippen molar-refractivity contribution in [3.8, 4) is 16.8 Å². The van der Waals surface area contributed by atoms with E-state index in [0.717, 1.165) is 23.0 Å². The number of hydrogen-bond acceptors (Lipinski definition) is 3. The Morgan fingerprint density at radius 1 is 1.07 bits per heavy atom. The van der Waals surface area contributed by atoms with E-state index in [0.29, 0.717) is 0 Å². The first-order chi connectivity index (χ1) is 12.9. The van der Waals surface area contributed by atoms with E-state index in [1.165, 1.54) is 24.4 Å². The maximum Gasteiger partial charge on any atom is 0.418 e. The van der Waals surface area contributed by atoms with Gasteiger partial charge in [0.2, 0.25) is 10.0 Å². The number of nitrogens with zero attached hydrogens (tertiary/aromatic N) is 2. The zero-order valence-corrected chi connectivity index (χ0v) is 16.6. The minimum Gasteiger partial charge on any atom is -0.239 e. The Morgan fingerprint density at radius 2 is 1.71 bits per heavy atom. The third-order valence-corrected chi connectivity index (χ3v) is 5.80. The van der Waals surface area contributed by atoms with Gasteiger partial charge in [-0.1, -0.05) is 34.8 Å². The number of hydrogen-bond donors (Lipinski definition) is 1. The lowest BCUT2D eigenvalue weighted by atomic mass is 10.0. The van der Waals surface area contributed by atoms with E-state index in [1.807, 2.05) is 0 Å². The Morgan fingerprint density at radius 3 is 2.25 bits per heavy atom. The van der Waals surface area contributed by atoms with Crippen LogP contribution >= 0.6 is 34.8 Å². The predicted molar refractivity (Wildman–Crippen MR) is 100 cm³/mol. The Bertz CT molecular complexity index is 1160. The third kappa shape index (κ3) is 3.85. The fraction of sp³-hybridized carbons (Fsp3) is 0.0625. The van der Waals surface area contributed by atoms with Crippen LogP contribution in [-0.2, 0) is 16.2 Å². The maximum atomic E-state index is 13.8. The molecule has 12 heteroatoms. The number of aromatic nitrogens is 2. The van der Waals surface area contributed by atoms with Gasteiger partial charge in [0, 0.05) is 23.0 Å². The van der Waals surface area contributed by atoms with Gasteiger partial charge in [0.25, 0.3) is 0 Å². The molecule has 0 atom stereocenters. The molecule has 28 heavy (non-hydrogen) atoms. The Balaban J connectivity index is 2.49. The summed E-state index contributed by atoms with van der Waals surface area (Å²) in [4.78, 5) is -0.798. The second kappa shape index (κ2) is 7.23. The molecule has 3 aromatic rings. The quantitative estimate of drug-likeness (QED) is 0.537. The van der Waals surface area contributed by atoms with Gasteiger partial charge in [0.1, 0.15) is 4.90 Å². The highest BCUT2D eigenvalue weighted by atomic mass is 35.5. The molecular weight excluding hydrogens is 462 g/mol. The fourth-order valence-corrected chi connectivity index (χ4v) is 4.12. The molecule has 0 amide bonds. The summed E-state index contributed by atoms with van der Waals surface area (Å²) in [5.41, 5.74) is -2.30. The Labute approximate surface area is 172 Å². The summed E-state index contributed by atoms with van der Waals surface area (Å²) >= 11 is 18.1. The second-order valence-electron chi connectivity index (χ2n) is 5.58. The van der Waals surface area contributed by atoms with Crippen LogP contribution in [0.2, 0.25) is 15.1 Å². The molecule has 0 aliphatic heterocycles. The summed E-state index contributed by atoms with van der Waals surface area (Å²) in [5.74, 6) is 0. The minimum absolute atomic E-state index is 0.0188. The molecule has 0 radical (unpaired) electrons. The van der Waals surface area contributed by atoms with Crippen molar-refractivity contribution in [2.45, 2.75) is 11.1 Å². The normalized spacial score (nSPS) is 12.4. The lowest BCUT2D eigenvalue weighted by molar-refractivity contribution is -0.137. The highest BCUT2D eigenvalue weighted by Gasteiger charge is 2.38. The number of benzene rings is 2. The number of halogens is 6. The van der Waals surface area contributed by atoms with Crippen molar-refractivity contribution in [3.63, 3.8) is 0 Å². The summed E-state index contributed by atoms with van der Waals surface area (Å²) < 4.78 is 66.5. The van der Waals surface area contributed by atoms with Crippen molar-refractivity contribution in [2.24, 2.45) is 5.14 Å². The van der Waals surface area contributed by atoms with Crippen molar-refractivity contribution in [2.75, 3.05) is 0 Å². The third-order valence-electron chi connectivity index (χ3n) is 3.75. The van der Waals surface area contributed by atoms with E-state index in [-0.39, 0.29) is 26.2 Å². The summed E-state index contributed by atoms with van der Waals surface area (Å²) in [5, 5.41) is 8.79. The lowest BCUT2D eigenvalue weighted by Crippen LogP contribution is -2.20. The van der Waals surface area contributed by atoms with E-state index in [4.69, 9.17) is 39.9 Å². The monoisotopic (exact) mass is 469 g/mol. The van der Waals surface area contributed by atoms with Crippen LogP contribution < -0.4 is 5.14 Å². The topological polar surface area (TPSA) is 78.0 Å². The van der Waals surface area contributed by atoms with Crippen molar-refractivity contribution in [1.82, 2.24) is 9.78 Å². The highest BCUT2D eigenvalue weighted by molar-refractivity contribution is 7.89. The van der Waals surface area contributed by atoms with Gasteiger partial charge in [-0.2, -0.15) is 18.3 Å². The summed E-state index contributed by atoms with van der Waals surface area (Å²) in [6, 6.07) is 5.70. The Kier molecular flexibility index (Phi) is 5.41. The molecule has 1 aromatic heterocycles. The van der Waals surface area contributed by atoms with Crippen LogP contribution in [-0.4, -0.2) is 18.2 Å². The van der Waals surface area contributed by atoms with E-state index in [1.54, 1.807) is 0 Å². The lowest BCUT2D eigenvalue weighted by Gasteiger charge is -2.19. The summed E-state index contributed by atoms with van der Waals surface area (Å²) in [6.45, 7) is 0. The molecule has 0 saturated carbocycles. The zero-order chi connectivity index (χ0) is 20.9. The van der Waals surface area contributed by atoms with E-state index < -0.39 is 32.3 Å². The molecule has 0 unspecified atom stereocenters. The van der Waals surface area contributed by atoms with Gasteiger partial charge in [-0.25, -0.2) is 18.2 Å². The van der Waals surface area contributed by atoms with Gasteiger partial charge in [0.15, 0.2) is 0 Å². The molecule has 5 nitrogen and oxygen atoms in total. The van der Waals surface area contributed by atoms with Crippen LogP contribution in [0.3, 0.4) is 0 Å². The molecule has 1 heterocycles. The average molecular weight is 471 g/mol. The van der Waals surface area contributed by atoms with Crippen LogP contribution in [0.1, 0.15) is 5.56 Å². The number of rotatable bonds is 3. The molecule has 3 rings (SSSR count). The van der Waals surface area contributed by atoms with Gasteiger partial charge in [-0.15, -0.1) is 0 Å². The molecule has 0 spiro atoms. The van der Waals surface area contributed by atoms with Crippen LogP contribution in [0.4, 0.5) is 13.2 Å². The largest absolute Gasteiger partial charge is 0.418 e. The van der Waals surface area contributed by atoms with Crippen molar-refractivity contribution in [3.05, 3.63) is 63.4 Å². The first-order valence-corrected chi connectivity index (χ1v) is 10.0. The molecule has 148 valence electrons. The van der Waals surface area contributed by atoms with Crippen LogP contribution in [0.15, 0.2) is 47.6 Å². The van der Waals surface area contributed by atoms with Crippen molar-refractivity contribution in [1.29, 1.82) is 0 Å². The van der Waals surface area contributed by atoms with Gasteiger partial charge >= 0.3 is 6.18 Å². The minimum atomic E-state index is -4.94. The Hall–Kier alpha value is -1.78. The molecule has 0 aliphatic rings. The summed E-state index contributed by atoms with van der Waals surface area (Å²) in [7, 11) is -4.59. The number of alkyl halides is 3. The number of nitrogens with two attached hydrogens (primary N) is 1. The fourth-order valence-electron chi connectivity index (χ4n) is 2.61. The van der Waals surface area contributed by atoms with Gasteiger partial charge < -0.3 is 0 Å². The average Bonchev–Trinajstić information content (AvgIpc) is 3.10. The molecule has 2 aromatic carbocycles. The van der Waals surface area contributed by atoms with Gasteiger partial charge in [-0.05, 0) is 35.9 Å². The maximum absolute atomic E-state index is 13.8. The van der Waals surface area contributed by atoms with Gasteiger partial charge in [0.05, 0.1) is 21.3 Å². The first kappa shape index (κ1) is 20.9. The molecule has 0 fully saturated rings. The molecular formula is C16H9Cl3F3N3O2S. The molecule has 0 aliphatic carbocycles. The standard InChI is InChI=1S/C16H9Cl3F3N3O2S/c17-10-2-3-11(18)14(19)13(10)8-6-9(16(20,21)22)15(25-5-1-4-24-25)12(7-8)28(23,26)27/h1-7H,(H2,23,26,27). The van der Waals surface area contributed by atoms with Crippen LogP contribution in [0, 0.1) is 0 Å². The number of primary sulfonamides is 1. The SMILES string of the molecule is NS(=O)(=O)c1cc(-c2c(Cl)ccc(Cl)c2Cl)cc(C(F)(F)F)c1-n1cccn1. The molecule has 0 bridgehead atoms. The van der Waals surface area contributed by atoms with Gasteiger partial charge in [-0.3, -0.25) is 0 Å². The molecule has 0 saturated heterocycles. The van der Waals surface area contributed by atoms with E-state index in [2.05, 4.69) is 5.10 Å². The summed E-state index contributed by atoms with van der Waals surface area (Å²) in [6.07, 6.45) is -2.57. The second-order valence-corrected chi connectivity index (χ2v) is 8.30. The van der Waals surface area contributed by atoms with Crippen LogP contribution in [0.5, 0.6) is 0 Å². The first-order valence-electron chi connectivity index (χ1n) is 7.33. The molecule has 2 N–H and O–H groups in total. The van der Waals surface area contributed by atoms with Crippen LogP contribution in [0.25, 0.3) is 16.8 Å². The predicted octanol–water partition coefficient (Wildman–Crippen LogP) is 5.17. The zero-order valence-electron chi connectivity index (χ0n) is 13.5.